The fraction of sp³-hybridized carbons (Fsp3) is 0.400. The van der Waals surface area contributed by atoms with Gasteiger partial charge in [-0.1, -0.05) is 31.7 Å². The summed E-state index contributed by atoms with van der Waals surface area (Å²) in [4.78, 5) is 1.28. The number of hydrogen-bond acceptors (Lipinski definition) is 2. The summed E-state index contributed by atoms with van der Waals surface area (Å²) in [7, 11) is 0. The van der Waals surface area contributed by atoms with Crippen LogP contribution in [0.3, 0.4) is 0 Å². The van der Waals surface area contributed by atoms with E-state index in [0.29, 0.717) is 0 Å². The molecule has 66 valence electrons. The summed E-state index contributed by atoms with van der Waals surface area (Å²) in [5, 5.41) is 0. The van der Waals surface area contributed by atoms with E-state index in [1.54, 1.807) is 11.8 Å². The second-order valence-electron chi connectivity index (χ2n) is 2.36. The third kappa shape index (κ3) is 1.95. The second-order valence-corrected chi connectivity index (χ2v) is 3.32. The van der Waals surface area contributed by atoms with Gasteiger partial charge in [-0.25, -0.2) is 0 Å². The first-order valence-corrected chi connectivity index (χ1v) is 5.21. The van der Waals surface area contributed by atoms with Crippen LogP contribution in [-0.4, -0.2) is 5.94 Å². The van der Waals surface area contributed by atoms with Gasteiger partial charge in [0, 0.05) is 0 Å². The molecule has 0 spiro atoms. The number of ether oxygens (including phenoxy) is 1. The molecule has 1 aliphatic rings. The number of hydrogen-bond donors (Lipinski definition) is 0. The predicted octanol–water partition coefficient (Wildman–Crippen LogP) is 3.46. The van der Waals surface area contributed by atoms with Crippen molar-refractivity contribution in [3.05, 3.63) is 23.8 Å². The van der Waals surface area contributed by atoms with Crippen molar-refractivity contribution in [1.82, 2.24) is 0 Å². The Morgan fingerprint density at radius 3 is 2.83 bits per heavy atom. The molecule has 1 aliphatic heterocycles. The van der Waals surface area contributed by atoms with Crippen LogP contribution in [-0.2, 0) is 0 Å². The van der Waals surface area contributed by atoms with Crippen molar-refractivity contribution in [2.75, 3.05) is 5.94 Å². The van der Waals surface area contributed by atoms with Crippen LogP contribution < -0.4 is 4.74 Å². The average molecular weight is 182 g/mol. The maximum Gasteiger partial charge on any atom is 0.138 e. The molecule has 0 N–H and O–H groups in total. The van der Waals surface area contributed by atoms with Crippen LogP contribution in [0.4, 0.5) is 0 Å². The Hall–Kier alpha value is -0.630. The molecule has 2 heteroatoms. The maximum absolute atomic E-state index is 5.32. The fourth-order valence-electron chi connectivity index (χ4n) is 1.00. The Morgan fingerprint density at radius 1 is 1.33 bits per heavy atom. The number of fused-ring (bicyclic) bond motifs is 1. The summed E-state index contributed by atoms with van der Waals surface area (Å²) < 4.78 is 5.32. The van der Waals surface area contributed by atoms with Crippen LogP contribution in [0.1, 0.15) is 19.4 Å². The first-order chi connectivity index (χ1) is 5.86. The van der Waals surface area contributed by atoms with Crippen molar-refractivity contribution in [3.63, 3.8) is 0 Å². The monoisotopic (exact) mass is 182 g/mol. The standard InChI is InChI=1S/C8H8OS.C2H6/c1-6-2-3-7-8(4-6)10-5-9-7;1-2/h2-4H,5H2,1H3;1-2H3. The molecule has 1 nitrogen and oxygen atoms in total. The second kappa shape index (κ2) is 4.41. The third-order valence-electron chi connectivity index (χ3n) is 1.53. The molecule has 0 amide bonds. The number of benzene rings is 1. The van der Waals surface area contributed by atoms with E-state index in [4.69, 9.17) is 4.74 Å². The van der Waals surface area contributed by atoms with Gasteiger partial charge in [-0.15, -0.1) is 0 Å². The molecule has 0 radical (unpaired) electrons. The quantitative estimate of drug-likeness (QED) is 0.607. The van der Waals surface area contributed by atoms with E-state index >= 15 is 0 Å². The van der Waals surface area contributed by atoms with E-state index in [2.05, 4.69) is 19.1 Å². The minimum atomic E-state index is 0.777. The molecule has 0 unspecified atom stereocenters. The van der Waals surface area contributed by atoms with Crippen LogP contribution in [0.15, 0.2) is 23.1 Å². The smallest absolute Gasteiger partial charge is 0.138 e. The maximum atomic E-state index is 5.32. The molecule has 1 aromatic rings. The number of aryl methyl sites for hydroxylation is 1. The van der Waals surface area contributed by atoms with Gasteiger partial charge in [0.05, 0.1) is 4.90 Å². The van der Waals surface area contributed by atoms with Crippen molar-refractivity contribution in [1.29, 1.82) is 0 Å². The van der Waals surface area contributed by atoms with Crippen molar-refractivity contribution in [2.45, 2.75) is 25.7 Å². The Bertz CT molecular complexity index is 258. The number of rotatable bonds is 0. The molecule has 1 aromatic carbocycles. The van der Waals surface area contributed by atoms with Gasteiger partial charge in [-0.2, -0.15) is 0 Å². The molecule has 0 aliphatic carbocycles. The lowest BCUT2D eigenvalue weighted by Gasteiger charge is -1.96. The van der Waals surface area contributed by atoms with Crippen molar-refractivity contribution >= 4 is 11.8 Å². The Labute approximate surface area is 78.1 Å². The highest BCUT2D eigenvalue weighted by Gasteiger charge is 2.10. The van der Waals surface area contributed by atoms with Crippen LogP contribution >= 0.6 is 11.8 Å². The molecular weight excluding hydrogens is 168 g/mol. The van der Waals surface area contributed by atoms with E-state index in [-0.39, 0.29) is 0 Å². The third-order valence-corrected chi connectivity index (χ3v) is 2.39. The van der Waals surface area contributed by atoms with Gasteiger partial charge in [0.25, 0.3) is 0 Å². The normalized spacial score (nSPS) is 12.6. The lowest BCUT2D eigenvalue weighted by Crippen LogP contribution is -1.81. The molecule has 2 rings (SSSR count). The highest BCUT2D eigenvalue weighted by Crippen LogP contribution is 2.36. The lowest BCUT2D eigenvalue weighted by atomic mass is 10.2. The molecule has 0 fully saturated rings. The van der Waals surface area contributed by atoms with Gasteiger partial charge >= 0.3 is 0 Å². The zero-order chi connectivity index (χ0) is 8.97. The lowest BCUT2D eigenvalue weighted by molar-refractivity contribution is 0.397. The van der Waals surface area contributed by atoms with Gasteiger partial charge in [-0.05, 0) is 24.6 Å². The largest absolute Gasteiger partial charge is 0.481 e. The molecule has 0 atom stereocenters. The summed E-state index contributed by atoms with van der Waals surface area (Å²) in [6.07, 6.45) is 0. The van der Waals surface area contributed by atoms with E-state index in [1.807, 2.05) is 19.9 Å². The first kappa shape index (κ1) is 9.46. The zero-order valence-corrected chi connectivity index (χ0v) is 8.57. The van der Waals surface area contributed by atoms with Crippen molar-refractivity contribution < 1.29 is 4.74 Å². The summed E-state index contributed by atoms with van der Waals surface area (Å²) in [6, 6.07) is 6.27. The van der Waals surface area contributed by atoms with Crippen LogP contribution in [0.25, 0.3) is 0 Å². The summed E-state index contributed by atoms with van der Waals surface area (Å²) in [5.41, 5.74) is 1.30. The summed E-state index contributed by atoms with van der Waals surface area (Å²) in [6.45, 7) is 6.10. The summed E-state index contributed by atoms with van der Waals surface area (Å²) in [5.74, 6) is 1.81. The van der Waals surface area contributed by atoms with Crippen molar-refractivity contribution in [2.24, 2.45) is 0 Å². The van der Waals surface area contributed by atoms with E-state index < -0.39 is 0 Å². The molecular formula is C10H14OS. The zero-order valence-electron chi connectivity index (χ0n) is 7.76. The molecule has 0 aromatic heterocycles. The van der Waals surface area contributed by atoms with Crippen LogP contribution in [0.5, 0.6) is 5.75 Å². The van der Waals surface area contributed by atoms with E-state index in [0.717, 1.165) is 11.7 Å². The molecule has 0 saturated heterocycles. The van der Waals surface area contributed by atoms with Gasteiger partial charge < -0.3 is 4.74 Å². The van der Waals surface area contributed by atoms with Gasteiger partial charge in [0.15, 0.2) is 0 Å². The highest BCUT2D eigenvalue weighted by atomic mass is 32.2. The fourth-order valence-corrected chi connectivity index (χ4v) is 1.86. The average Bonchev–Trinajstić information content (AvgIpc) is 2.54. The van der Waals surface area contributed by atoms with Gasteiger partial charge in [-0.3, -0.25) is 0 Å². The Balaban J connectivity index is 0.000000336. The minimum absolute atomic E-state index is 0.777. The van der Waals surface area contributed by atoms with E-state index in [1.165, 1.54) is 10.5 Å². The topological polar surface area (TPSA) is 9.23 Å². The molecule has 12 heavy (non-hydrogen) atoms. The first-order valence-electron chi connectivity index (χ1n) is 4.22. The van der Waals surface area contributed by atoms with E-state index in [9.17, 15) is 0 Å². The molecule has 0 saturated carbocycles. The Kier molecular flexibility index (Phi) is 3.48. The molecule has 1 heterocycles. The SMILES string of the molecule is CC.Cc1ccc2c(c1)SCO2. The van der Waals surface area contributed by atoms with Crippen LogP contribution in [0.2, 0.25) is 0 Å². The number of thioether (sulfide) groups is 1. The van der Waals surface area contributed by atoms with Gasteiger partial charge in [0.1, 0.15) is 11.7 Å². The minimum Gasteiger partial charge on any atom is -0.481 e. The molecule has 0 bridgehead atoms. The van der Waals surface area contributed by atoms with Gasteiger partial charge in [0.2, 0.25) is 0 Å². The summed E-state index contributed by atoms with van der Waals surface area (Å²) >= 11 is 1.76. The highest BCUT2D eigenvalue weighted by molar-refractivity contribution is 7.99. The van der Waals surface area contributed by atoms with Crippen LogP contribution in [0, 0.1) is 6.92 Å². The predicted molar refractivity (Wildman–Crippen MR) is 53.9 cm³/mol. The van der Waals surface area contributed by atoms with Crippen molar-refractivity contribution in [3.8, 4) is 5.75 Å². The Morgan fingerprint density at radius 2 is 2.08 bits per heavy atom.